The van der Waals surface area contributed by atoms with Gasteiger partial charge in [0.05, 0.1) is 6.61 Å². The molecule has 0 saturated carbocycles. The number of aromatic nitrogens is 2. The van der Waals surface area contributed by atoms with Crippen LogP contribution in [0.1, 0.15) is 11.8 Å². The van der Waals surface area contributed by atoms with E-state index in [9.17, 15) is 9.59 Å². The minimum Gasteiger partial charge on any atom is -0.393 e. The Bertz CT molecular complexity index is 495. The molecule has 7 heteroatoms. The molecule has 16 heavy (non-hydrogen) atoms. The summed E-state index contributed by atoms with van der Waals surface area (Å²) in [4.78, 5) is 24.9. The molecule has 0 unspecified atom stereocenters. The summed E-state index contributed by atoms with van der Waals surface area (Å²) in [6, 6.07) is 0. The fourth-order valence-corrected chi connectivity index (χ4v) is 2.42. The molecule has 2 heterocycles. The van der Waals surface area contributed by atoms with Gasteiger partial charge in [-0.2, -0.15) is 0 Å². The molecule has 1 aliphatic heterocycles. The number of ether oxygens (including phenoxy) is 1. The summed E-state index contributed by atoms with van der Waals surface area (Å²) in [5.74, 6) is 0.580. The van der Waals surface area contributed by atoms with Crippen LogP contribution in [0.25, 0.3) is 0 Å². The third kappa shape index (κ3) is 2.06. The lowest BCUT2D eigenvalue weighted by Crippen LogP contribution is -2.34. The monoisotopic (exact) mass is 244 g/mol. The molecule has 1 fully saturated rings. The highest BCUT2D eigenvalue weighted by atomic mass is 32.2. The zero-order valence-electron chi connectivity index (χ0n) is 8.67. The van der Waals surface area contributed by atoms with Crippen LogP contribution in [0.15, 0.2) is 15.8 Å². The Hall–Kier alpha value is -1.05. The third-order valence-corrected chi connectivity index (χ3v) is 3.45. The Morgan fingerprint density at radius 3 is 3.06 bits per heavy atom. The smallest absolute Gasteiger partial charge is 0.330 e. The lowest BCUT2D eigenvalue weighted by atomic mass is 10.4. The van der Waals surface area contributed by atoms with Crippen LogP contribution in [0, 0.1) is 6.92 Å². The summed E-state index contributed by atoms with van der Waals surface area (Å²) in [7, 11) is 0. The average Bonchev–Trinajstić information content (AvgIpc) is 2.71. The van der Waals surface area contributed by atoms with Gasteiger partial charge >= 0.3 is 5.69 Å². The van der Waals surface area contributed by atoms with Gasteiger partial charge in [-0.3, -0.25) is 14.3 Å². The Morgan fingerprint density at radius 1 is 1.69 bits per heavy atom. The van der Waals surface area contributed by atoms with Crippen LogP contribution in [-0.4, -0.2) is 32.5 Å². The molecule has 0 aromatic carbocycles. The molecule has 2 rings (SSSR count). The molecule has 0 amide bonds. The van der Waals surface area contributed by atoms with E-state index in [1.807, 2.05) is 0 Å². The molecule has 0 aliphatic carbocycles. The van der Waals surface area contributed by atoms with Crippen LogP contribution >= 0.6 is 11.8 Å². The zero-order valence-corrected chi connectivity index (χ0v) is 9.49. The molecule has 6 nitrogen and oxygen atoms in total. The number of aromatic amines is 1. The summed E-state index contributed by atoms with van der Waals surface area (Å²) in [5, 5.41) is 8.91. The van der Waals surface area contributed by atoms with Gasteiger partial charge in [-0.05, 0) is 6.92 Å². The second-order valence-electron chi connectivity index (χ2n) is 3.51. The molecular formula is C9H12N2O4S. The van der Waals surface area contributed by atoms with Crippen LogP contribution < -0.4 is 11.2 Å². The first-order valence-corrected chi connectivity index (χ1v) is 5.86. The van der Waals surface area contributed by atoms with Crippen LogP contribution in [0.3, 0.4) is 0 Å². The Labute approximate surface area is 95.3 Å². The molecule has 88 valence electrons. The number of nitrogens with zero attached hydrogens (tertiary/aromatic N) is 1. The van der Waals surface area contributed by atoms with Gasteiger partial charge in [0.15, 0.2) is 0 Å². The van der Waals surface area contributed by atoms with Gasteiger partial charge in [0, 0.05) is 17.5 Å². The molecule has 1 aromatic heterocycles. The molecule has 2 atom stereocenters. The summed E-state index contributed by atoms with van der Waals surface area (Å²) < 4.78 is 6.77. The summed E-state index contributed by atoms with van der Waals surface area (Å²) in [6.45, 7) is 1.54. The van der Waals surface area contributed by atoms with Gasteiger partial charge in [0.1, 0.15) is 11.7 Å². The normalized spacial score (nSPS) is 24.9. The SMILES string of the molecule is Cc1cn([C@@H]2CS[C@H](CO)O2)c(=O)[nH]c1=O. The first-order chi connectivity index (χ1) is 7.61. The van der Waals surface area contributed by atoms with E-state index in [1.54, 1.807) is 6.92 Å². The van der Waals surface area contributed by atoms with E-state index in [2.05, 4.69) is 4.98 Å². The van der Waals surface area contributed by atoms with Crippen molar-refractivity contribution in [3.63, 3.8) is 0 Å². The van der Waals surface area contributed by atoms with Crippen molar-refractivity contribution < 1.29 is 9.84 Å². The second-order valence-corrected chi connectivity index (χ2v) is 4.71. The number of nitrogens with one attached hydrogen (secondary N) is 1. The van der Waals surface area contributed by atoms with Crippen LogP contribution in [0.5, 0.6) is 0 Å². The van der Waals surface area contributed by atoms with E-state index in [-0.39, 0.29) is 17.6 Å². The van der Waals surface area contributed by atoms with E-state index < -0.39 is 11.9 Å². The molecule has 2 N–H and O–H groups in total. The van der Waals surface area contributed by atoms with Gasteiger partial charge in [-0.25, -0.2) is 4.79 Å². The highest BCUT2D eigenvalue weighted by Gasteiger charge is 2.27. The maximum atomic E-state index is 11.5. The van der Waals surface area contributed by atoms with Crippen molar-refractivity contribution in [3.05, 3.63) is 32.6 Å². The predicted molar refractivity (Wildman–Crippen MR) is 59.5 cm³/mol. The van der Waals surface area contributed by atoms with Gasteiger partial charge < -0.3 is 9.84 Å². The number of hydrogen-bond acceptors (Lipinski definition) is 5. The summed E-state index contributed by atoms with van der Waals surface area (Å²) in [6.07, 6.45) is 1.05. The van der Waals surface area contributed by atoms with Crippen molar-refractivity contribution in [2.24, 2.45) is 0 Å². The van der Waals surface area contributed by atoms with Crippen LogP contribution in [-0.2, 0) is 4.74 Å². The molecule has 0 radical (unpaired) electrons. The number of aliphatic hydroxyl groups is 1. The maximum Gasteiger partial charge on any atom is 0.330 e. The van der Waals surface area contributed by atoms with Crippen molar-refractivity contribution in [1.29, 1.82) is 0 Å². The number of hydrogen-bond donors (Lipinski definition) is 2. The van der Waals surface area contributed by atoms with Crippen molar-refractivity contribution in [2.45, 2.75) is 18.6 Å². The zero-order chi connectivity index (χ0) is 11.7. The topological polar surface area (TPSA) is 84.3 Å². The van der Waals surface area contributed by atoms with Crippen LogP contribution in [0.2, 0.25) is 0 Å². The number of thioether (sulfide) groups is 1. The van der Waals surface area contributed by atoms with E-state index in [1.165, 1.54) is 22.5 Å². The molecule has 0 bridgehead atoms. The molecular weight excluding hydrogens is 232 g/mol. The molecule has 1 saturated heterocycles. The molecule has 0 spiro atoms. The van der Waals surface area contributed by atoms with Gasteiger partial charge in [-0.15, -0.1) is 11.8 Å². The first kappa shape index (κ1) is 11.4. The first-order valence-electron chi connectivity index (χ1n) is 4.82. The van der Waals surface area contributed by atoms with Crippen LogP contribution in [0.4, 0.5) is 0 Å². The quantitative estimate of drug-likeness (QED) is 0.727. The van der Waals surface area contributed by atoms with Crippen molar-refractivity contribution in [2.75, 3.05) is 12.4 Å². The van der Waals surface area contributed by atoms with E-state index >= 15 is 0 Å². The Balaban J connectivity index is 2.32. The molecule has 1 aromatic rings. The highest BCUT2D eigenvalue weighted by Crippen LogP contribution is 2.30. The highest BCUT2D eigenvalue weighted by molar-refractivity contribution is 8.00. The fourth-order valence-electron chi connectivity index (χ4n) is 1.49. The average molecular weight is 244 g/mol. The van der Waals surface area contributed by atoms with Crippen molar-refractivity contribution in [1.82, 2.24) is 9.55 Å². The minimum atomic E-state index is -0.486. The Morgan fingerprint density at radius 2 is 2.44 bits per heavy atom. The van der Waals surface area contributed by atoms with E-state index in [4.69, 9.17) is 9.84 Å². The summed E-state index contributed by atoms with van der Waals surface area (Å²) in [5.41, 5.74) is -0.713. The standard InChI is InChI=1S/C9H12N2O4S/c1-5-2-11(9(14)10-8(5)13)6-4-16-7(3-12)15-6/h2,6-7,12H,3-4H2,1H3,(H,10,13,14)/t6-,7+/m0/s1. The number of H-pyrrole nitrogens is 1. The number of aryl methyl sites for hydroxylation is 1. The van der Waals surface area contributed by atoms with Crippen molar-refractivity contribution >= 4 is 11.8 Å². The second kappa shape index (κ2) is 4.44. The van der Waals surface area contributed by atoms with Gasteiger partial charge in [-0.1, -0.05) is 0 Å². The lowest BCUT2D eigenvalue weighted by Gasteiger charge is -2.13. The number of rotatable bonds is 2. The Kier molecular flexibility index (Phi) is 3.17. The van der Waals surface area contributed by atoms with E-state index in [0.717, 1.165) is 0 Å². The summed E-state index contributed by atoms with van der Waals surface area (Å²) >= 11 is 1.44. The lowest BCUT2D eigenvalue weighted by molar-refractivity contribution is -0.00650. The number of aliphatic hydroxyl groups excluding tert-OH is 1. The third-order valence-electron chi connectivity index (χ3n) is 2.34. The molecule has 1 aliphatic rings. The maximum absolute atomic E-state index is 11.5. The van der Waals surface area contributed by atoms with Gasteiger partial charge in [0.2, 0.25) is 0 Å². The van der Waals surface area contributed by atoms with Crippen molar-refractivity contribution in [3.8, 4) is 0 Å². The van der Waals surface area contributed by atoms with E-state index in [0.29, 0.717) is 11.3 Å². The largest absolute Gasteiger partial charge is 0.393 e. The van der Waals surface area contributed by atoms with Gasteiger partial charge in [0.25, 0.3) is 5.56 Å². The minimum absolute atomic E-state index is 0.0851. The predicted octanol–water partition coefficient (Wildman–Crippen LogP) is -0.575. The fraction of sp³-hybridized carbons (Fsp3) is 0.556.